The van der Waals surface area contributed by atoms with Gasteiger partial charge in [-0.25, -0.2) is 14.6 Å². The number of aromatic nitrogens is 4. The first-order valence-corrected chi connectivity index (χ1v) is 7.72. The van der Waals surface area contributed by atoms with E-state index in [0.29, 0.717) is 21.5 Å². The lowest BCUT2D eigenvalue weighted by Gasteiger charge is -2.04. The van der Waals surface area contributed by atoms with Crippen LogP contribution in [0.25, 0.3) is 5.00 Å². The first-order chi connectivity index (χ1) is 10.8. The molecule has 0 aliphatic carbocycles. The highest BCUT2D eigenvalue weighted by Crippen LogP contribution is 2.31. The fourth-order valence-electron chi connectivity index (χ4n) is 2.00. The van der Waals surface area contributed by atoms with Crippen LogP contribution in [0.3, 0.4) is 0 Å². The Balaban J connectivity index is 2.03. The Morgan fingerprint density at radius 1 is 1.22 bits per heavy atom. The van der Waals surface area contributed by atoms with E-state index in [0.717, 1.165) is 10.9 Å². The van der Waals surface area contributed by atoms with Gasteiger partial charge in [-0.15, -0.1) is 11.3 Å². The number of alkyl halides is 3. The van der Waals surface area contributed by atoms with Gasteiger partial charge in [0.15, 0.2) is 5.69 Å². The van der Waals surface area contributed by atoms with E-state index in [4.69, 9.17) is 11.6 Å². The summed E-state index contributed by atoms with van der Waals surface area (Å²) in [5.41, 5.74) is -0.575. The Bertz CT molecular complexity index is 823. The van der Waals surface area contributed by atoms with Gasteiger partial charge in [0.05, 0.1) is 17.1 Å². The van der Waals surface area contributed by atoms with Crippen LogP contribution in [0.2, 0.25) is 5.02 Å². The Labute approximate surface area is 138 Å². The molecule has 0 amide bonds. The molecule has 120 valence electrons. The molecule has 4 nitrogen and oxygen atoms in total. The molecule has 0 spiro atoms. The van der Waals surface area contributed by atoms with Crippen molar-refractivity contribution in [3.63, 3.8) is 0 Å². The van der Waals surface area contributed by atoms with Crippen molar-refractivity contribution in [1.29, 1.82) is 0 Å². The molecular formula is C14H10ClF3N4S. The zero-order valence-corrected chi connectivity index (χ0v) is 13.4. The topological polar surface area (TPSA) is 43.6 Å². The van der Waals surface area contributed by atoms with Crippen LogP contribution in [0.4, 0.5) is 13.2 Å². The third-order valence-electron chi connectivity index (χ3n) is 3.02. The van der Waals surface area contributed by atoms with Crippen molar-refractivity contribution in [1.82, 2.24) is 19.7 Å². The van der Waals surface area contributed by atoms with Gasteiger partial charge in [0.2, 0.25) is 0 Å². The van der Waals surface area contributed by atoms with E-state index in [-0.39, 0.29) is 6.42 Å². The standard InChI is InChI=1S/C14H10ClF3N4S/c1-8-2-3-13(23-8)22-10(4-11(21-22)14(16,17)18)5-12-19-6-9(15)7-20-12/h2-4,6-7H,5H2,1H3. The fourth-order valence-corrected chi connectivity index (χ4v) is 2.95. The van der Waals surface area contributed by atoms with Crippen molar-refractivity contribution < 1.29 is 13.2 Å². The molecule has 3 rings (SSSR count). The van der Waals surface area contributed by atoms with Crippen LogP contribution in [-0.4, -0.2) is 19.7 Å². The van der Waals surface area contributed by atoms with E-state index in [1.807, 2.05) is 13.0 Å². The average molecular weight is 359 g/mol. The molecule has 0 radical (unpaired) electrons. The third-order valence-corrected chi connectivity index (χ3v) is 4.19. The van der Waals surface area contributed by atoms with Gasteiger partial charge in [-0.2, -0.15) is 18.3 Å². The smallest absolute Gasteiger partial charge is 0.239 e. The van der Waals surface area contributed by atoms with Gasteiger partial charge in [-0.1, -0.05) is 11.6 Å². The molecule has 0 bridgehead atoms. The third kappa shape index (κ3) is 3.53. The minimum atomic E-state index is -4.51. The normalized spacial score (nSPS) is 11.9. The summed E-state index contributed by atoms with van der Waals surface area (Å²) in [6.07, 6.45) is -1.57. The zero-order valence-electron chi connectivity index (χ0n) is 11.8. The number of aryl methyl sites for hydroxylation is 1. The molecule has 9 heteroatoms. The van der Waals surface area contributed by atoms with Crippen LogP contribution in [0.15, 0.2) is 30.6 Å². The monoisotopic (exact) mass is 358 g/mol. The Kier molecular flexibility index (Phi) is 4.11. The summed E-state index contributed by atoms with van der Waals surface area (Å²) in [5.74, 6) is 0.373. The largest absolute Gasteiger partial charge is 0.435 e. The predicted octanol–water partition coefficient (Wildman–Crippen LogP) is 4.30. The molecule has 0 aliphatic rings. The maximum absolute atomic E-state index is 13.0. The quantitative estimate of drug-likeness (QED) is 0.701. The van der Waals surface area contributed by atoms with Gasteiger partial charge in [0.1, 0.15) is 10.8 Å². The summed E-state index contributed by atoms with van der Waals surface area (Å²) in [6.45, 7) is 1.88. The molecule has 3 aromatic rings. The van der Waals surface area contributed by atoms with Gasteiger partial charge in [0.25, 0.3) is 0 Å². The number of halogens is 4. The molecular weight excluding hydrogens is 349 g/mol. The van der Waals surface area contributed by atoms with Crippen LogP contribution >= 0.6 is 22.9 Å². The summed E-state index contributed by atoms with van der Waals surface area (Å²) >= 11 is 7.08. The molecule has 0 aliphatic heterocycles. The second-order valence-electron chi connectivity index (χ2n) is 4.81. The van der Waals surface area contributed by atoms with Gasteiger partial charge < -0.3 is 0 Å². The first-order valence-electron chi connectivity index (χ1n) is 6.52. The minimum absolute atomic E-state index is 0.122. The van der Waals surface area contributed by atoms with E-state index < -0.39 is 11.9 Å². The van der Waals surface area contributed by atoms with Crippen LogP contribution < -0.4 is 0 Å². The van der Waals surface area contributed by atoms with E-state index >= 15 is 0 Å². The van der Waals surface area contributed by atoms with Crippen molar-refractivity contribution in [2.24, 2.45) is 0 Å². The fraction of sp³-hybridized carbons (Fsp3) is 0.214. The molecule has 0 fully saturated rings. The molecule has 0 atom stereocenters. The summed E-state index contributed by atoms with van der Waals surface area (Å²) in [7, 11) is 0. The average Bonchev–Trinajstić information content (AvgIpc) is 3.07. The molecule has 23 heavy (non-hydrogen) atoms. The Morgan fingerprint density at radius 3 is 2.48 bits per heavy atom. The van der Waals surface area contributed by atoms with Crippen LogP contribution in [0, 0.1) is 6.92 Å². The van der Waals surface area contributed by atoms with E-state index in [1.54, 1.807) is 6.07 Å². The van der Waals surface area contributed by atoms with Crippen LogP contribution in [0.1, 0.15) is 22.1 Å². The lowest BCUT2D eigenvalue weighted by atomic mass is 10.2. The summed E-state index contributed by atoms with van der Waals surface area (Å²) in [5, 5.41) is 4.68. The van der Waals surface area contributed by atoms with Crippen LogP contribution in [-0.2, 0) is 12.6 Å². The predicted molar refractivity (Wildman–Crippen MR) is 81.0 cm³/mol. The van der Waals surface area contributed by atoms with Crippen molar-refractivity contribution in [3.05, 3.63) is 57.7 Å². The lowest BCUT2D eigenvalue weighted by Crippen LogP contribution is -2.07. The van der Waals surface area contributed by atoms with Crippen molar-refractivity contribution in [3.8, 4) is 5.00 Å². The van der Waals surface area contributed by atoms with Crippen LogP contribution in [0.5, 0.6) is 0 Å². The second-order valence-corrected chi connectivity index (χ2v) is 6.51. The number of rotatable bonds is 3. The number of hydrogen-bond acceptors (Lipinski definition) is 4. The molecule has 3 heterocycles. The maximum Gasteiger partial charge on any atom is 0.435 e. The number of nitrogens with zero attached hydrogens (tertiary/aromatic N) is 4. The highest BCUT2D eigenvalue weighted by molar-refractivity contribution is 7.14. The molecule has 0 unspecified atom stereocenters. The number of thiophene rings is 1. The van der Waals surface area contributed by atoms with Crippen molar-refractivity contribution >= 4 is 22.9 Å². The summed E-state index contributed by atoms with van der Waals surface area (Å²) in [6, 6.07) is 4.59. The molecule has 0 N–H and O–H groups in total. The SMILES string of the molecule is Cc1ccc(-n2nc(C(F)(F)F)cc2Cc2ncc(Cl)cn2)s1. The first kappa shape index (κ1) is 15.9. The van der Waals surface area contributed by atoms with E-state index in [2.05, 4.69) is 15.1 Å². The molecule has 0 saturated heterocycles. The Hall–Kier alpha value is -1.93. The van der Waals surface area contributed by atoms with E-state index in [9.17, 15) is 13.2 Å². The van der Waals surface area contributed by atoms with E-state index in [1.165, 1.54) is 28.4 Å². The molecule has 3 aromatic heterocycles. The molecule has 0 saturated carbocycles. The van der Waals surface area contributed by atoms with Gasteiger partial charge in [0, 0.05) is 17.3 Å². The molecule has 0 aromatic carbocycles. The Morgan fingerprint density at radius 2 is 1.91 bits per heavy atom. The second kappa shape index (κ2) is 5.93. The zero-order chi connectivity index (χ0) is 16.6. The summed E-state index contributed by atoms with van der Waals surface area (Å²) < 4.78 is 40.2. The lowest BCUT2D eigenvalue weighted by molar-refractivity contribution is -0.141. The minimum Gasteiger partial charge on any atom is -0.239 e. The van der Waals surface area contributed by atoms with Gasteiger partial charge in [-0.05, 0) is 25.1 Å². The van der Waals surface area contributed by atoms with Crippen molar-refractivity contribution in [2.45, 2.75) is 19.5 Å². The number of hydrogen-bond donors (Lipinski definition) is 0. The highest BCUT2D eigenvalue weighted by atomic mass is 35.5. The maximum atomic E-state index is 13.0. The highest BCUT2D eigenvalue weighted by Gasteiger charge is 2.35. The van der Waals surface area contributed by atoms with Gasteiger partial charge in [-0.3, -0.25) is 0 Å². The summed E-state index contributed by atoms with van der Waals surface area (Å²) in [4.78, 5) is 9.03. The van der Waals surface area contributed by atoms with Crippen molar-refractivity contribution in [2.75, 3.05) is 0 Å². The van der Waals surface area contributed by atoms with Gasteiger partial charge >= 0.3 is 6.18 Å².